The standard InChI is InChI=1S/C22H27N5O2/c1-15-7-10-24-22(27-11-8-17(9-12-27)21(23)29)19(15)14-26-16(2)25-13-18-5-3-4-6-20(18)28/h3-7,10,14,17,28H,1,8-9,11-13H2,2H3,(H2,23,29)(H,25,26)/b19-14+. The number of primary amides is 1. The summed E-state index contributed by atoms with van der Waals surface area (Å²) in [6.45, 7) is 7.83. The van der Waals surface area contributed by atoms with Crippen molar-refractivity contribution < 1.29 is 9.90 Å². The normalized spacial score (nSPS) is 16.1. The van der Waals surface area contributed by atoms with Crippen LogP contribution in [0.15, 0.2) is 41.5 Å². The molecule has 1 fully saturated rings. The maximum absolute atomic E-state index is 11.4. The number of amidine groups is 1. The SMILES string of the molecule is C=c1ccnc(N2CCC(C(N)=O)CC2)/c1=C/NC(C)=NCc1ccccc1O. The molecule has 1 amide bonds. The van der Waals surface area contributed by atoms with Gasteiger partial charge in [-0.3, -0.25) is 9.79 Å². The number of amides is 1. The second kappa shape index (κ2) is 9.23. The van der Waals surface area contributed by atoms with Gasteiger partial charge in [-0.1, -0.05) is 24.8 Å². The van der Waals surface area contributed by atoms with Crippen LogP contribution in [0.4, 0.5) is 5.82 Å². The largest absolute Gasteiger partial charge is 0.508 e. The molecule has 0 aliphatic carbocycles. The molecule has 0 saturated carbocycles. The number of nitrogens with one attached hydrogen (secondary N) is 1. The minimum Gasteiger partial charge on any atom is -0.508 e. The molecule has 1 aliphatic rings. The van der Waals surface area contributed by atoms with Crippen molar-refractivity contribution in [1.82, 2.24) is 10.3 Å². The van der Waals surface area contributed by atoms with E-state index in [1.165, 1.54) is 0 Å². The summed E-state index contributed by atoms with van der Waals surface area (Å²) in [5.74, 6) is 1.50. The summed E-state index contributed by atoms with van der Waals surface area (Å²) in [5.41, 5.74) is 6.21. The fourth-order valence-corrected chi connectivity index (χ4v) is 3.36. The zero-order valence-electron chi connectivity index (χ0n) is 16.6. The van der Waals surface area contributed by atoms with Gasteiger partial charge in [-0.05, 0) is 37.1 Å². The Balaban J connectivity index is 1.75. The molecule has 0 unspecified atom stereocenters. The summed E-state index contributed by atoms with van der Waals surface area (Å²) < 4.78 is 0. The fourth-order valence-electron chi connectivity index (χ4n) is 3.36. The summed E-state index contributed by atoms with van der Waals surface area (Å²) in [6.07, 6.45) is 5.06. The molecule has 1 aliphatic heterocycles. The van der Waals surface area contributed by atoms with E-state index in [9.17, 15) is 9.90 Å². The number of hydrogen-bond donors (Lipinski definition) is 3. The molecule has 0 atom stereocenters. The number of aromatic hydroxyl groups is 1. The van der Waals surface area contributed by atoms with Crippen LogP contribution in [0.3, 0.4) is 0 Å². The Labute approximate surface area is 170 Å². The fraction of sp³-hybridized carbons (Fsp3) is 0.318. The van der Waals surface area contributed by atoms with Gasteiger partial charge < -0.3 is 21.1 Å². The quantitative estimate of drug-likeness (QED) is 0.516. The lowest BCUT2D eigenvalue weighted by Crippen LogP contribution is -2.43. The molecule has 0 spiro atoms. The molecular weight excluding hydrogens is 366 g/mol. The zero-order valence-corrected chi connectivity index (χ0v) is 16.6. The minimum atomic E-state index is -0.228. The second-order valence-corrected chi connectivity index (χ2v) is 7.19. The highest BCUT2D eigenvalue weighted by atomic mass is 16.3. The van der Waals surface area contributed by atoms with E-state index in [0.29, 0.717) is 6.54 Å². The van der Waals surface area contributed by atoms with E-state index < -0.39 is 0 Å². The highest BCUT2D eigenvalue weighted by Gasteiger charge is 2.24. The van der Waals surface area contributed by atoms with Crippen molar-refractivity contribution in [3.05, 3.63) is 52.5 Å². The van der Waals surface area contributed by atoms with Gasteiger partial charge >= 0.3 is 0 Å². The van der Waals surface area contributed by atoms with Gasteiger partial charge in [0.15, 0.2) is 0 Å². The molecule has 3 rings (SSSR count). The Bertz CT molecular complexity index is 1010. The van der Waals surface area contributed by atoms with Gasteiger partial charge in [-0.15, -0.1) is 0 Å². The Morgan fingerprint density at radius 2 is 2.10 bits per heavy atom. The van der Waals surface area contributed by atoms with Crippen LogP contribution in [0.1, 0.15) is 25.3 Å². The van der Waals surface area contributed by atoms with E-state index in [4.69, 9.17) is 5.73 Å². The predicted octanol–water partition coefficient (Wildman–Crippen LogP) is 0.845. The predicted molar refractivity (Wildman–Crippen MR) is 116 cm³/mol. The number of benzene rings is 1. The van der Waals surface area contributed by atoms with Crippen molar-refractivity contribution in [3.63, 3.8) is 0 Å². The van der Waals surface area contributed by atoms with Crippen molar-refractivity contribution in [2.75, 3.05) is 18.0 Å². The van der Waals surface area contributed by atoms with Crippen LogP contribution in [0.25, 0.3) is 12.8 Å². The number of phenols is 1. The number of aromatic nitrogens is 1. The molecule has 7 heteroatoms. The minimum absolute atomic E-state index is 0.0662. The molecule has 4 N–H and O–H groups in total. The van der Waals surface area contributed by atoms with E-state index in [-0.39, 0.29) is 17.6 Å². The molecule has 2 heterocycles. The van der Waals surface area contributed by atoms with E-state index in [1.807, 2.05) is 31.3 Å². The maximum Gasteiger partial charge on any atom is 0.220 e. The number of aliphatic imine (C=N–C) groups is 1. The van der Waals surface area contributed by atoms with Crippen LogP contribution in [0.5, 0.6) is 5.75 Å². The van der Waals surface area contributed by atoms with Crippen molar-refractivity contribution in [1.29, 1.82) is 0 Å². The smallest absolute Gasteiger partial charge is 0.220 e. The Morgan fingerprint density at radius 1 is 1.38 bits per heavy atom. The number of nitrogens with zero attached hydrogens (tertiary/aromatic N) is 3. The lowest BCUT2D eigenvalue weighted by Gasteiger charge is -2.31. The van der Waals surface area contributed by atoms with Gasteiger partial charge in [0.2, 0.25) is 5.91 Å². The third-order valence-corrected chi connectivity index (χ3v) is 5.16. The number of rotatable bonds is 5. The molecule has 0 bridgehead atoms. The van der Waals surface area contributed by atoms with Crippen LogP contribution in [-0.2, 0) is 11.3 Å². The summed E-state index contributed by atoms with van der Waals surface area (Å²) in [4.78, 5) is 22.6. The number of carbonyl (C=O) groups is 1. The lowest BCUT2D eigenvalue weighted by molar-refractivity contribution is -0.122. The number of nitrogens with two attached hydrogens (primary N) is 1. The number of carbonyl (C=O) groups excluding carboxylic acids is 1. The maximum atomic E-state index is 11.4. The van der Waals surface area contributed by atoms with Crippen molar-refractivity contribution in [3.8, 4) is 5.75 Å². The third-order valence-electron chi connectivity index (χ3n) is 5.16. The van der Waals surface area contributed by atoms with Crippen LogP contribution in [0, 0.1) is 5.92 Å². The number of pyridine rings is 1. The first-order valence-electron chi connectivity index (χ1n) is 9.68. The molecule has 1 aromatic carbocycles. The summed E-state index contributed by atoms with van der Waals surface area (Å²) in [6, 6.07) is 9.02. The topological polar surface area (TPSA) is 104 Å². The first-order valence-corrected chi connectivity index (χ1v) is 9.68. The molecule has 152 valence electrons. The average Bonchev–Trinajstić information content (AvgIpc) is 2.72. The molecule has 1 aromatic heterocycles. The first-order chi connectivity index (χ1) is 14.0. The molecular formula is C22H27N5O2. The van der Waals surface area contributed by atoms with E-state index >= 15 is 0 Å². The summed E-state index contributed by atoms with van der Waals surface area (Å²) >= 11 is 0. The highest BCUT2D eigenvalue weighted by molar-refractivity contribution is 5.83. The number of para-hydroxylation sites is 1. The summed E-state index contributed by atoms with van der Waals surface area (Å²) in [7, 11) is 0. The van der Waals surface area contributed by atoms with Crippen LogP contribution in [0.2, 0.25) is 0 Å². The second-order valence-electron chi connectivity index (χ2n) is 7.19. The monoisotopic (exact) mass is 393 g/mol. The van der Waals surface area contributed by atoms with Gasteiger partial charge in [-0.25, -0.2) is 4.98 Å². The third kappa shape index (κ3) is 5.13. The average molecular weight is 393 g/mol. The van der Waals surface area contributed by atoms with Gasteiger partial charge in [0.05, 0.1) is 12.4 Å². The van der Waals surface area contributed by atoms with Gasteiger partial charge in [0.25, 0.3) is 0 Å². The zero-order chi connectivity index (χ0) is 20.8. The lowest BCUT2D eigenvalue weighted by atomic mass is 9.96. The van der Waals surface area contributed by atoms with Crippen LogP contribution >= 0.6 is 0 Å². The van der Waals surface area contributed by atoms with Gasteiger partial charge in [0, 0.05) is 42.2 Å². The van der Waals surface area contributed by atoms with E-state index in [2.05, 4.69) is 26.8 Å². The number of hydrogen-bond acceptors (Lipinski definition) is 5. The number of anilines is 1. The van der Waals surface area contributed by atoms with Crippen LogP contribution in [-0.4, -0.2) is 34.9 Å². The van der Waals surface area contributed by atoms with Crippen molar-refractivity contribution in [2.45, 2.75) is 26.3 Å². The van der Waals surface area contributed by atoms with Crippen LogP contribution < -0.4 is 26.4 Å². The molecule has 7 nitrogen and oxygen atoms in total. The molecule has 1 saturated heterocycles. The summed E-state index contributed by atoms with van der Waals surface area (Å²) in [5, 5.41) is 14.8. The number of phenolic OH excluding ortho intramolecular Hbond substituents is 1. The molecule has 29 heavy (non-hydrogen) atoms. The Morgan fingerprint density at radius 3 is 2.79 bits per heavy atom. The number of piperidine rings is 1. The van der Waals surface area contributed by atoms with Gasteiger partial charge in [-0.2, -0.15) is 0 Å². The highest BCUT2D eigenvalue weighted by Crippen LogP contribution is 2.19. The van der Waals surface area contributed by atoms with E-state index in [0.717, 1.165) is 53.6 Å². The Hall–Kier alpha value is -3.35. The molecule has 2 aromatic rings. The molecule has 0 radical (unpaired) electrons. The van der Waals surface area contributed by atoms with E-state index in [1.54, 1.807) is 18.3 Å². The van der Waals surface area contributed by atoms with Crippen molar-refractivity contribution >= 4 is 30.3 Å². The van der Waals surface area contributed by atoms with Crippen molar-refractivity contribution in [2.24, 2.45) is 16.6 Å². The first kappa shape index (κ1) is 20.4. The Kier molecular flexibility index (Phi) is 6.49. The van der Waals surface area contributed by atoms with Gasteiger partial charge in [0.1, 0.15) is 11.6 Å².